The summed E-state index contributed by atoms with van der Waals surface area (Å²) in [5, 5.41) is 0. The van der Waals surface area contributed by atoms with Crippen molar-refractivity contribution in [2.45, 2.75) is 66.6 Å². The van der Waals surface area contributed by atoms with Gasteiger partial charge in [0.1, 0.15) is 0 Å². The van der Waals surface area contributed by atoms with Crippen LogP contribution in [0.5, 0.6) is 5.88 Å². The van der Waals surface area contributed by atoms with Crippen molar-refractivity contribution in [2.24, 2.45) is 0 Å². The first-order chi connectivity index (χ1) is 10.2. The molecule has 22 heavy (non-hydrogen) atoms. The maximum atomic E-state index is 9.67. The molecule has 0 saturated heterocycles. The van der Waals surface area contributed by atoms with Gasteiger partial charge in [-0.05, 0) is 0 Å². The molecule has 1 aliphatic rings. The van der Waals surface area contributed by atoms with Crippen molar-refractivity contribution in [3.63, 3.8) is 0 Å². The van der Waals surface area contributed by atoms with Gasteiger partial charge >= 0.3 is 121 Å². The summed E-state index contributed by atoms with van der Waals surface area (Å²) in [4.78, 5) is 16.2. The molecule has 1 aromatic heterocycles. The largest absolute Gasteiger partial charge is 0.379 e. The van der Waals surface area contributed by atoms with E-state index in [-0.39, 0.29) is 0 Å². The van der Waals surface area contributed by atoms with E-state index in [1.807, 2.05) is 6.92 Å². The van der Waals surface area contributed by atoms with E-state index < -0.39 is 25.1 Å². The van der Waals surface area contributed by atoms with E-state index in [1.165, 1.54) is 35.8 Å². The van der Waals surface area contributed by atoms with Crippen molar-refractivity contribution < 1.29 is 17.9 Å². The van der Waals surface area contributed by atoms with Gasteiger partial charge in [-0.1, -0.05) is 0 Å². The molecule has 0 radical (unpaired) electrons. The van der Waals surface area contributed by atoms with Crippen LogP contribution in [0.2, 0.25) is 14.8 Å². The summed E-state index contributed by atoms with van der Waals surface area (Å²) < 4.78 is 36.3. The minimum atomic E-state index is -3.67. The predicted octanol–water partition coefficient (Wildman–Crippen LogP) is 4.22. The molecule has 2 rings (SSSR count). The summed E-state index contributed by atoms with van der Waals surface area (Å²) in [6.45, 7) is -1.70. The first-order valence-electron chi connectivity index (χ1n) is 7.63. The Balaban J connectivity index is 0.000000541. The zero-order chi connectivity index (χ0) is 16.8. The third kappa shape index (κ3) is 7.65. The van der Waals surface area contributed by atoms with Crippen LogP contribution in [-0.2, 0) is 0 Å². The number of alkyl halides is 3. The summed E-state index contributed by atoms with van der Waals surface area (Å²) in [5.41, 5.74) is 0. The molecule has 1 heterocycles. The number of rotatable bonds is 3. The fraction of sp³-hybridized carbons (Fsp3) is 0.733. The van der Waals surface area contributed by atoms with E-state index in [1.54, 1.807) is 0 Å². The van der Waals surface area contributed by atoms with Crippen LogP contribution in [0.4, 0.5) is 13.2 Å². The van der Waals surface area contributed by atoms with Crippen LogP contribution >= 0.6 is 0 Å². The van der Waals surface area contributed by atoms with E-state index in [0.717, 1.165) is 11.7 Å². The van der Waals surface area contributed by atoms with Crippen LogP contribution in [-0.4, -0.2) is 41.1 Å². The van der Waals surface area contributed by atoms with Crippen molar-refractivity contribution in [1.29, 1.82) is 0 Å². The van der Waals surface area contributed by atoms with Crippen molar-refractivity contribution in [3.05, 3.63) is 11.9 Å². The average molecular weight is 425 g/mol. The Morgan fingerprint density at radius 1 is 1.09 bits per heavy atom. The second-order valence-corrected chi connectivity index (χ2v) is 20.8. The predicted molar refractivity (Wildman–Crippen MR) is 84.4 cm³/mol. The molecule has 0 spiro atoms. The summed E-state index contributed by atoms with van der Waals surface area (Å²) in [7, 11) is 0. The van der Waals surface area contributed by atoms with Gasteiger partial charge in [0.15, 0.2) is 0 Å². The number of aromatic nitrogens is 2. The van der Waals surface area contributed by atoms with Crippen LogP contribution in [0.25, 0.3) is 0 Å². The fourth-order valence-corrected chi connectivity index (χ4v) is 5.35. The normalized spacial score (nSPS) is 16.2. The Labute approximate surface area is 134 Å². The molecule has 1 fully saturated rings. The van der Waals surface area contributed by atoms with Crippen LogP contribution < -0.4 is 8.45 Å². The molecule has 0 aliphatic heterocycles. The monoisotopic (exact) mass is 426 g/mol. The van der Waals surface area contributed by atoms with Crippen LogP contribution in [0.1, 0.15) is 37.9 Å². The maximum Gasteiger partial charge on any atom is 0.379 e. The minimum Gasteiger partial charge on any atom is -0.174 e. The van der Waals surface area contributed by atoms with Crippen LogP contribution in [0.15, 0.2) is 6.07 Å². The summed E-state index contributed by atoms with van der Waals surface area (Å²) in [6, 6.07) is 2.09. The van der Waals surface area contributed by atoms with Gasteiger partial charge in [-0.25, -0.2) is 0 Å². The van der Waals surface area contributed by atoms with Crippen molar-refractivity contribution >= 4 is 22.1 Å². The summed E-state index contributed by atoms with van der Waals surface area (Å²) in [6.07, 6.45) is 6.66. The Kier molecular flexibility index (Phi) is 7.92. The Morgan fingerprint density at radius 2 is 1.64 bits per heavy atom. The molecule has 0 atom stereocenters. The van der Waals surface area contributed by atoms with Crippen molar-refractivity contribution in [2.75, 3.05) is 0 Å². The molecule has 126 valence electrons. The first-order valence-corrected chi connectivity index (χ1v) is 17.6. The molecule has 1 aliphatic carbocycles. The van der Waals surface area contributed by atoms with Gasteiger partial charge in [-0.3, -0.25) is 0 Å². The number of ether oxygens (including phenoxy) is 1. The van der Waals surface area contributed by atoms with E-state index in [0.29, 0.717) is 6.10 Å². The topological polar surface area (TPSA) is 35.0 Å². The quantitative estimate of drug-likeness (QED) is 0.681. The van der Waals surface area contributed by atoms with Gasteiger partial charge < -0.3 is 0 Å². The number of halogens is 3. The SMILES string of the molecule is Cc1nc(OC2CCCCC2)c[c]([Sn]([CH3])([CH3])[CH3])n1.FC(F)F. The third-order valence-electron chi connectivity index (χ3n) is 3.42. The molecule has 7 heteroatoms. The van der Waals surface area contributed by atoms with Crippen LogP contribution in [0.3, 0.4) is 0 Å². The minimum absolute atomic E-state index is 0.371. The van der Waals surface area contributed by atoms with E-state index in [4.69, 9.17) is 4.74 Å². The second kappa shape index (κ2) is 8.93. The van der Waals surface area contributed by atoms with Gasteiger partial charge in [0.25, 0.3) is 0 Å². The van der Waals surface area contributed by atoms with Gasteiger partial charge in [0, 0.05) is 0 Å². The molecule has 0 bridgehead atoms. The zero-order valence-corrected chi connectivity index (χ0v) is 16.6. The van der Waals surface area contributed by atoms with Gasteiger partial charge in [-0.2, -0.15) is 13.2 Å². The summed E-state index contributed by atoms with van der Waals surface area (Å²) >= 11 is -2.13. The van der Waals surface area contributed by atoms with Gasteiger partial charge in [0.2, 0.25) is 0 Å². The molecule has 0 unspecified atom stereocenters. The van der Waals surface area contributed by atoms with Crippen molar-refractivity contribution in [3.8, 4) is 5.88 Å². The number of aryl methyl sites for hydroxylation is 1. The van der Waals surface area contributed by atoms with E-state index >= 15 is 0 Å². The summed E-state index contributed by atoms with van der Waals surface area (Å²) in [5.74, 6) is 1.65. The maximum absolute atomic E-state index is 9.67. The zero-order valence-electron chi connectivity index (χ0n) is 13.7. The van der Waals surface area contributed by atoms with Crippen molar-refractivity contribution in [1.82, 2.24) is 9.97 Å². The Bertz CT molecular complexity index is 458. The van der Waals surface area contributed by atoms with Crippen LogP contribution in [0, 0.1) is 6.92 Å². The average Bonchev–Trinajstić information content (AvgIpc) is 2.37. The number of hydrogen-bond donors (Lipinski definition) is 0. The third-order valence-corrected chi connectivity index (χ3v) is 8.54. The number of hydrogen-bond acceptors (Lipinski definition) is 3. The van der Waals surface area contributed by atoms with E-state index in [2.05, 4.69) is 30.9 Å². The fourth-order valence-electron chi connectivity index (χ4n) is 2.34. The smallest absolute Gasteiger partial charge is 0.174 e. The molecular formula is C15H25F3N2OSn. The molecule has 1 saturated carbocycles. The first kappa shape index (κ1) is 19.5. The molecule has 0 aromatic carbocycles. The Hall–Kier alpha value is -0.531. The molecule has 3 nitrogen and oxygen atoms in total. The Morgan fingerprint density at radius 3 is 2.14 bits per heavy atom. The molecule has 0 N–H and O–H groups in total. The van der Waals surface area contributed by atoms with Gasteiger partial charge in [-0.15, -0.1) is 0 Å². The van der Waals surface area contributed by atoms with Gasteiger partial charge in [0.05, 0.1) is 0 Å². The number of nitrogens with zero attached hydrogens (tertiary/aromatic N) is 2. The molecular weight excluding hydrogens is 400 g/mol. The second-order valence-electron chi connectivity index (χ2n) is 6.51. The van der Waals surface area contributed by atoms with E-state index in [9.17, 15) is 13.2 Å². The standard InChI is InChI=1S/C11H15N2O.CHF3.3CH3.Sn/c1-9-12-8-7-11(13-9)14-10-5-3-2-4-6-10;2-1(3)4;;;;/h7,10H,2-6H2,1H3;1H;3*1H3;. The molecule has 0 amide bonds. The molecule has 1 aromatic rings.